The third-order valence-corrected chi connectivity index (χ3v) is 6.41. The van der Waals surface area contributed by atoms with Crippen molar-refractivity contribution in [1.82, 2.24) is 31.1 Å². The number of nitrogens with two attached hydrogens (primary N) is 2. The van der Waals surface area contributed by atoms with Crippen molar-refractivity contribution in [3.05, 3.63) is 0 Å². The molecule has 48 heavy (non-hydrogen) atoms. The second kappa shape index (κ2) is 29.2. The summed E-state index contributed by atoms with van der Waals surface area (Å²) in [5, 5.41) is 10.8. The Morgan fingerprint density at radius 3 is 1.23 bits per heavy atom. The lowest BCUT2D eigenvalue weighted by Crippen LogP contribution is -2.47. The highest BCUT2D eigenvalue weighted by Gasteiger charge is 2.15. The molecule has 0 bridgehead atoms. The van der Waals surface area contributed by atoms with Gasteiger partial charge >= 0.3 is 12.1 Å². The number of nitrogens with zero attached hydrogens (tertiary/aromatic N) is 4. The minimum Gasteiger partial charge on any atom is -0.370 e. The molecular formula is C28H62N10O8S2. The number of rotatable bonds is 18. The van der Waals surface area contributed by atoms with Crippen LogP contribution >= 0.6 is 0 Å². The molecule has 0 aromatic carbocycles. The lowest BCUT2D eigenvalue weighted by atomic mass is 10.2. The van der Waals surface area contributed by atoms with Crippen LogP contribution in [0.15, 0.2) is 9.98 Å². The molecule has 1 fully saturated rings. The molecule has 18 nitrogen and oxygen atoms in total. The molecule has 0 atom stereocenters. The van der Waals surface area contributed by atoms with E-state index in [0.717, 1.165) is 77.8 Å². The number of unbranched alkanes of at least 4 members (excludes halogenated alkanes) is 6. The maximum Gasteiger partial charge on any atom is 0.321 e. The maximum atomic E-state index is 11.8. The van der Waals surface area contributed by atoms with Crippen molar-refractivity contribution in [3.8, 4) is 0 Å². The topological polar surface area (TPSA) is 274 Å². The van der Waals surface area contributed by atoms with E-state index in [2.05, 4.69) is 54.9 Å². The zero-order chi connectivity index (χ0) is 36.8. The van der Waals surface area contributed by atoms with Gasteiger partial charge in [-0.05, 0) is 25.7 Å². The minimum atomic E-state index is -3.67. The molecule has 0 aromatic heterocycles. The molecule has 0 aliphatic carbocycles. The molecule has 1 aliphatic heterocycles. The quantitative estimate of drug-likeness (QED) is 0.0421. The number of piperazine rings is 1. The number of aliphatic imine (C=N–C) groups is 2. The van der Waals surface area contributed by atoms with Crippen LogP contribution in [0.5, 0.6) is 0 Å². The van der Waals surface area contributed by atoms with Gasteiger partial charge in [-0.25, -0.2) is 9.59 Å². The number of guanidine groups is 2. The number of amides is 4. The van der Waals surface area contributed by atoms with Crippen LogP contribution in [0.4, 0.5) is 9.59 Å². The van der Waals surface area contributed by atoms with E-state index in [0.29, 0.717) is 38.7 Å². The first-order valence-electron chi connectivity index (χ1n) is 16.4. The fourth-order valence-electron chi connectivity index (χ4n) is 4.13. The second-order valence-corrected chi connectivity index (χ2v) is 14.2. The summed E-state index contributed by atoms with van der Waals surface area (Å²) in [6, 6.07) is -0.579. The second-order valence-electron chi connectivity index (χ2n) is 11.3. The smallest absolute Gasteiger partial charge is 0.321 e. The van der Waals surface area contributed by atoms with Crippen molar-refractivity contribution in [2.24, 2.45) is 21.5 Å². The largest absolute Gasteiger partial charge is 0.370 e. The van der Waals surface area contributed by atoms with Gasteiger partial charge in [-0.15, -0.1) is 0 Å². The lowest BCUT2D eigenvalue weighted by Gasteiger charge is -2.34. The molecule has 20 heteroatoms. The van der Waals surface area contributed by atoms with Crippen molar-refractivity contribution >= 4 is 44.2 Å². The molecule has 1 aliphatic rings. The van der Waals surface area contributed by atoms with Crippen molar-refractivity contribution in [1.29, 1.82) is 0 Å². The highest BCUT2D eigenvalue weighted by molar-refractivity contribution is 7.85. The highest BCUT2D eigenvalue weighted by Crippen LogP contribution is 2.04. The molecule has 1 saturated heterocycles. The normalized spacial score (nSPS) is 14.5. The summed E-state index contributed by atoms with van der Waals surface area (Å²) in [6.07, 6.45) is 12.1. The number of carbonyl (C=O) groups excluding carboxylic acids is 2. The Hall–Kier alpha value is -2.78. The number of hydrogen-bond acceptors (Lipinski definition) is 10. The average molecular weight is 731 g/mol. The molecule has 1 rings (SSSR count). The molecule has 0 radical (unpaired) electrons. The van der Waals surface area contributed by atoms with Crippen molar-refractivity contribution in [3.63, 3.8) is 0 Å². The van der Waals surface area contributed by atoms with E-state index < -0.39 is 20.2 Å². The Morgan fingerprint density at radius 2 is 0.938 bits per heavy atom. The summed E-state index contributed by atoms with van der Waals surface area (Å²) in [5.74, 6) is 0.338. The average Bonchev–Trinajstić information content (AvgIpc) is 2.96. The zero-order valence-electron chi connectivity index (χ0n) is 29.2. The van der Waals surface area contributed by atoms with Gasteiger partial charge < -0.3 is 31.9 Å². The van der Waals surface area contributed by atoms with Gasteiger partial charge in [-0.3, -0.25) is 29.7 Å². The van der Waals surface area contributed by atoms with Crippen LogP contribution in [-0.4, -0.2) is 138 Å². The molecule has 0 saturated carbocycles. The third-order valence-electron chi connectivity index (χ3n) is 6.41. The van der Waals surface area contributed by atoms with Gasteiger partial charge in [0.25, 0.3) is 20.2 Å². The predicted molar refractivity (Wildman–Crippen MR) is 191 cm³/mol. The minimum absolute atomic E-state index is 0.169. The van der Waals surface area contributed by atoms with Crippen molar-refractivity contribution < 1.29 is 35.5 Å². The Bertz CT molecular complexity index is 1030. The van der Waals surface area contributed by atoms with Gasteiger partial charge in [-0.1, -0.05) is 52.4 Å². The molecule has 10 N–H and O–H groups in total. The zero-order valence-corrected chi connectivity index (χ0v) is 30.9. The van der Waals surface area contributed by atoms with Crippen LogP contribution in [0, 0.1) is 0 Å². The van der Waals surface area contributed by atoms with Gasteiger partial charge in [0.1, 0.15) is 0 Å². The van der Waals surface area contributed by atoms with E-state index in [1.54, 1.807) is 0 Å². The molecule has 4 amide bonds. The van der Waals surface area contributed by atoms with Crippen LogP contribution in [0.3, 0.4) is 0 Å². The Kier molecular flexibility index (Phi) is 28.8. The Balaban J connectivity index is 0. The molecule has 0 unspecified atom stereocenters. The summed E-state index contributed by atoms with van der Waals surface area (Å²) in [4.78, 5) is 37.0. The molecule has 1 heterocycles. The monoisotopic (exact) mass is 730 g/mol. The lowest BCUT2D eigenvalue weighted by molar-refractivity contribution is 0.131. The number of urea groups is 2. The highest BCUT2D eigenvalue weighted by atomic mass is 32.2. The van der Waals surface area contributed by atoms with E-state index in [1.165, 1.54) is 25.7 Å². The number of nitrogens with one attached hydrogen (secondary N) is 4. The van der Waals surface area contributed by atoms with Gasteiger partial charge in [0, 0.05) is 65.4 Å². The fourth-order valence-corrected chi connectivity index (χ4v) is 4.13. The summed E-state index contributed by atoms with van der Waals surface area (Å²) < 4.78 is 51.7. The number of carbonyl (C=O) groups is 2. The van der Waals surface area contributed by atoms with Crippen LogP contribution in [-0.2, 0) is 20.2 Å². The first-order valence-corrected chi connectivity index (χ1v) is 20.1. The van der Waals surface area contributed by atoms with Crippen LogP contribution in [0.1, 0.15) is 78.1 Å². The SMILES string of the molecule is CCCCCCNC(=O)NC(N)=NCCCN1CCN(CCCN=C(N)NC(=O)NCCCCCC)CC1.CS(=O)(=O)O.CS(=O)(=O)O. The maximum absolute atomic E-state index is 11.8. The van der Waals surface area contributed by atoms with Crippen LogP contribution < -0.4 is 32.7 Å². The molecule has 0 aromatic rings. The Morgan fingerprint density at radius 1 is 0.625 bits per heavy atom. The molecule has 284 valence electrons. The first kappa shape index (κ1) is 47.3. The van der Waals surface area contributed by atoms with Crippen LogP contribution in [0.2, 0.25) is 0 Å². The first-order chi connectivity index (χ1) is 22.4. The van der Waals surface area contributed by atoms with Crippen LogP contribution in [0.25, 0.3) is 0 Å². The fraction of sp³-hybridized carbons (Fsp3) is 0.857. The summed E-state index contributed by atoms with van der Waals surface area (Å²) in [5.41, 5.74) is 11.6. The van der Waals surface area contributed by atoms with Crippen molar-refractivity contribution in [2.45, 2.75) is 78.1 Å². The van der Waals surface area contributed by atoms with E-state index in [4.69, 9.17) is 20.6 Å². The van der Waals surface area contributed by atoms with E-state index in [-0.39, 0.29) is 24.0 Å². The third kappa shape index (κ3) is 41.2. The van der Waals surface area contributed by atoms with E-state index in [1.807, 2.05) is 0 Å². The van der Waals surface area contributed by atoms with Gasteiger partial charge in [0.15, 0.2) is 11.9 Å². The van der Waals surface area contributed by atoms with Gasteiger partial charge in [0.2, 0.25) is 0 Å². The van der Waals surface area contributed by atoms with Gasteiger partial charge in [-0.2, -0.15) is 16.8 Å². The summed E-state index contributed by atoms with van der Waals surface area (Å²) in [7, 11) is -7.33. The predicted octanol–water partition coefficient (Wildman–Crippen LogP) is 0.781. The van der Waals surface area contributed by atoms with Gasteiger partial charge in [0.05, 0.1) is 12.5 Å². The molecule has 0 spiro atoms. The Labute approximate surface area is 287 Å². The standard InChI is InChI=1S/C26H54N10O2.2CH4O3S/c1-3-5-7-9-13-31-25(37)33-23(27)29-15-11-17-35-19-21-36(22-20-35)18-12-16-30-24(28)34-26(38)32-14-10-8-6-4-2;2*1-5(2,3)4/h3-22H2,1-2H3,(H4,27,29,31,33,37)(H4,28,30,32,34,38);2*1H3,(H,2,3,4). The number of hydrogen-bond donors (Lipinski definition) is 8. The van der Waals surface area contributed by atoms with E-state index in [9.17, 15) is 26.4 Å². The van der Waals surface area contributed by atoms with E-state index >= 15 is 0 Å². The van der Waals surface area contributed by atoms with Crippen molar-refractivity contribution in [2.75, 3.05) is 78.0 Å². The summed E-state index contributed by atoms with van der Waals surface area (Å²) >= 11 is 0. The molecular weight excluding hydrogens is 669 g/mol. The summed E-state index contributed by atoms with van der Waals surface area (Å²) in [6.45, 7) is 12.8.